The largest absolute Gasteiger partial charge is 0.343 e. The Morgan fingerprint density at radius 1 is 1.25 bits per heavy atom. The topological polar surface area (TPSA) is 96.8 Å². The van der Waals surface area contributed by atoms with Gasteiger partial charge >= 0.3 is 5.69 Å². The van der Waals surface area contributed by atoms with Crippen LogP contribution in [0.1, 0.15) is 31.5 Å². The summed E-state index contributed by atoms with van der Waals surface area (Å²) >= 11 is 0. The van der Waals surface area contributed by atoms with Crippen molar-refractivity contribution in [2.24, 2.45) is 13.0 Å². The molecule has 1 aromatic heterocycles. The Bertz CT molecular complexity index is 842. The van der Waals surface area contributed by atoms with Crippen LogP contribution in [-0.2, 0) is 23.5 Å². The molecule has 2 atom stereocenters. The molecule has 1 aliphatic carbocycles. The van der Waals surface area contributed by atoms with E-state index in [0.29, 0.717) is 12.2 Å². The Hall–Kier alpha value is -1.93. The van der Waals surface area contributed by atoms with Crippen LogP contribution in [0.3, 0.4) is 0 Å². The minimum atomic E-state index is -3.54. The van der Waals surface area contributed by atoms with E-state index in [4.69, 9.17) is 0 Å². The van der Waals surface area contributed by atoms with Crippen LogP contribution >= 0.6 is 0 Å². The lowest BCUT2D eigenvalue weighted by Gasteiger charge is -2.31. The van der Waals surface area contributed by atoms with Crippen molar-refractivity contribution in [1.29, 1.82) is 0 Å². The molecule has 0 amide bonds. The predicted octanol–water partition coefficient (Wildman–Crippen LogP) is 1.19. The monoisotopic (exact) mass is 350 g/mol. The molecular formula is C16H22N4O3S. The van der Waals surface area contributed by atoms with E-state index in [1.165, 1.54) is 4.57 Å². The number of aromatic amines is 1. The van der Waals surface area contributed by atoms with Crippen molar-refractivity contribution in [2.75, 3.05) is 0 Å². The SMILES string of the molecule is Cn1c(C[C@H]2CCCC[C@H]2NS(=O)(=O)c2ccccc2)n[nH]c1=O. The third kappa shape index (κ3) is 3.59. The first-order valence-electron chi connectivity index (χ1n) is 8.15. The Morgan fingerprint density at radius 2 is 1.96 bits per heavy atom. The van der Waals surface area contributed by atoms with E-state index in [9.17, 15) is 13.2 Å². The summed E-state index contributed by atoms with van der Waals surface area (Å²) in [6, 6.07) is 8.27. The summed E-state index contributed by atoms with van der Waals surface area (Å²) in [5.74, 6) is 0.793. The third-order valence-electron chi connectivity index (χ3n) is 4.69. The molecule has 2 N–H and O–H groups in total. The standard InChI is InChI=1S/C16H22N4O3S/c1-20-15(17-18-16(20)21)11-12-7-5-6-10-14(12)19-24(22,23)13-8-3-2-4-9-13/h2-4,8-9,12,14,19H,5-7,10-11H2,1H3,(H,18,21)/t12-,14-/m1/s1. The van der Waals surface area contributed by atoms with Gasteiger partial charge in [-0.2, -0.15) is 5.10 Å². The maximum atomic E-state index is 12.6. The molecule has 0 bridgehead atoms. The molecule has 1 saturated carbocycles. The van der Waals surface area contributed by atoms with Crippen LogP contribution in [-0.4, -0.2) is 29.2 Å². The molecule has 24 heavy (non-hydrogen) atoms. The Balaban J connectivity index is 1.77. The van der Waals surface area contributed by atoms with Crippen molar-refractivity contribution in [1.82, 2.24) is 19.5 Å². The zero-order valence-electron chi connectivity index (χ0n) is 13.6. The molecule has 0 saturated heterocycles. The van der Waals surface area contributed by atoms with E-state index in [0.717, 1.165) is 25.7 Å². The molecule has 0 spiro atoms. The molecule has 0 unspecified atom stereocenters. The maximum Gasteiger partial charge on any atom is 0.343 e. The molecule has 8 heteroatoms. The van der Waals surface area contributed by atoms with Crippen molar-refractivity contribution in [3.8, 4) is 0 Å². The van der Waals surface area contributed by atoms with Gasteiger partial charge in [-0.1, -0.05) is 31.0 Å². The molecule has 0 aliphatic heterocycles. The quantitative estimate of drug-likeness (QED) is 0.846. The van der Waals surface area contributed by atoms with Gasteiger partial charge in [0.05, 0.1) is 4.90 Å². The van der Waals surface area contributed by atoms with Crippen LogP contribution in [0.25, 0.3) is 0 Å². The fourth-order valence-electron chi connectivity index (χ4n) is 3.27. The summed E-state index contributed by atoms with van der Waals surface area (Å²) < 4.78 is 29.5. The van der Waals surface area contributed by atoms with E-state index in [1.54, 1.807) is 37.4 Å². The molecule has 1 fully saturated rings. The summed E-state index contributed by atoms with van der Waals surface area (Å²) in [5.41, 5.74) is -0.248. The Kier molecular flexibility index (Phi) is 4.86. The first-order valence-corrected chi connectivity index (χ1v) is 9.63. The zero-order chi connectivity index (χ0) is 17.2. The van der Waals surface area contributed by atoms with E-state index in [1.807, 2.05) is 0 Å². The molecule has 1 aliphatic rings. The normalized spacial score (nSPS) is 21.7. The number of rotatable bonds is 5. The highest BCUT2D eigenvalue weighted by Gasteiger charge is 2.30. The molecule has 3 rings (SSSR count). The Morgan fingerprint density at radius 3 is 2.62 bits per heavy atom. The van der Waals surface area contributed by atoms with Gasteiger partial charge in [-0.25, -0.2) is 23.0 Å². The van der Waals surface area contributed by atoms with Crippen molar-refractivity contribution in [2.45, 2.75) is 43.0 Å². The minimum absolute atomic E-state index is 0.131. The number of hydrogen-bond acceptors (Lipinski definition) is 4. The van der Waals surface area contributed by atoms with Crippen LogP contribution < -0.4 is 10.4 Å². The molecule has 130 valence electrons. The van der Waals surface area contributed by atoms with E-state index < -0.39 is 10.0 Å². The van der Waals surface area contributed by atoms with Crippen molar-refractivity contribution in [3.63, 3.8) is 0 Å². The highest BCUT2D eigenvalue weighted by molar-refractivity contribution is 7.89. The van der Waals surface area contributed by atoms with Gasteiger partial charge in [-0.15, -0.1) is 0 Å². The van der Waals surface area contributed by atoms with Crippen LogP contribution in [0.15, 0.2) is 40.0 Å². The molecule has 7 nitrogen and oxygen atoms in total. The first-order chi connectivity index (χ1) is 11.5. The lowest BCUT2D eigenvalue weighted by atomic mass is 9.83. The summed E-state index contributed by atoms with van der Waals surface area (Å²) in [7, 11) is -1.86. The number of aromatic nitrogens is 3. The fraction of sp³-hybridized carbons (Fsp3) is 0.500. The third-order valence-corrected chi connectivity index (χ3v) is 6.19. The van der Waals surface area contributed by atoms with E-state index >= 15 is 0 Å². The van der Waals surface area contributed by atoms with Crippen molar-refractivity contribution >= 4 is 10.0 Å². The van der Waals surface area contributed by atoms with Gasteiger partial charge in [-0.05, 0) is 30.9 Å². The number of nitrogens with zero attached hydrogens (tertiary/aromatic N) is 2. The highest BCUT2D eigenvalue weighted by atomic mass is 32.2. The lowest BCUT2D eigenvalue weighted by molar-refractivity contribution is 0.282. The average Bonchev–Trinajstić information content (AvgIpc) is 2.89. The van der Waals surface area contributed by atoms with Gasteiger partial charge in [0.25, 0.3) is 0 Å². The maximum absolute atomic E-state index is 12.6. The second-order valence-electron chi connectivity index (χ2n) is 6.29. The summed E-state index contributed by atoms with van der Waals surface area (Å²) in [6.07, 6.45) is 4.36. The average molecular weight is 350 g/mol. The van der Waals surface area contributed by atoms with Gasteiger partial charge in [0.1, 0.15) is 5.82 Å². The van der Waals surface area contributed by atoms with Gasteiger partial charge in [0, 0.05) is 19.5 Å². The molecule has 2 aromatic rings. The highest BCUT2D eigenvalue weighted by Crippen LogP contribution is 2.28. The Labute approximate surface area is 141 Å². The van der Waals surface area contributed by atoms with Crippen LogP contribution in [0.5, 0.6) is 0 Å². The summed E-state index contributed by atoms with van der Waals surface area (Å²) in [5, 5.41) is 6.48. The van der Waals surface area contributed by atoms with Crippen molar-refractivity contribution in [3.05, 3.63) is 46.6 Å². The van der Waals surface area contributed by atoms with Crippen LogP contribution in [0.4, 0.5) is 0 Å². The van der Waals surface area contributed by atoms with E-state index in [2.05, 4.69) is 14.9 Å². The smallest absolute Gasteiger partial charge is 0.282 e. The lowest BCUT2D eigenvalue weighted by Crippen LogP contribution is -2.43. The van der Waals surface area contributed by atoms with Crippen LogP contribution in [0, 0.1) is 5.92 Å². The predicted molar refractivity (Wildman–Crippen MR) is 90.0 cm³/mol. The van der Waals surface area contributed by atoms with Crippen LogP contribution in [0.2, 0.25) is 0 Å². The number of benzene rings is 1. The van der Waals surface area contributed by atoms with Gasteiger partial charge in [-0.3, -0.25) is 4.57 Å². The molecule has 1 heterocycles. The van der Waals surface area contributed by atoms with Crippen molar-refractivity contribution < 1.29 is 8.42 Å². The summed E-state index contributed by atoms with van der Waals surface area (Å²) in [6.45, 7) is 0. The number of sulfonamides is 1. The molecular weight excluding hydrogens is 328 g/mol. The molecule has 1 aromatic carbocycles. The number of nitrogens with one attached hydrogen (secondary N) is 2. The minimum Gasteiger partial charge on any atom is -0.282 e. The summed E-state index contributed by atoms with van der Waals surface area (Å²) in [4.78, 5) is 11.8. The second-order valence-corrected chi connectivity index (χ2v) is 8.01. The zero-order valence-corrected chi connectivity index (χ0v) is 14.4. The number of H-pyrrole nitrogens is 1. The fourth-order valence-corrected chi connectivity index (χ4v) is 4.63. The van der Waals surface area contributed by atoms with Gasteiger partial charge in [0.2, 0.25) is 10.0 Å². The first kappa shape index (κ1) is 16.9. The number of hydrogen-bond donors (Lipinski definition) is 2. The van der Waals surface area contributed by atoms with E-state index in [-0.39, 0.29) is 22.5 Å². The van der Waals surface area contributed by atoms with Gasteiger partial charge < -0.3 is 0 Å². The molecule has 0 radical (unpaired) electrons. The van der Waals surface area contributed by atoms with Gasteiger partial charge in [0.15, 0.2) is 0 Å². The second kappa shape index (κ2) is 6.90.